The molecule has 1 amide bonds. The minimum Gasteiger partial charge on any atom is -0.494 e. The highest BCUT2D eigenvalue weighted by molar-refractivity contribution is 7.99. The molecule has 0 N–H and O–H groups in total. The van der Waals surface area contributed by atoms with Crippen LogP contribution in [0.25, 0.3) is 0 Å². The first-order valence-electron chi connectivity index (χ1n) is 9.33. The number of ketones is 1. The summed E-state index contributed by atoms with van der Waals surface area (Å²) in [6.45, 7) is 5.34. The van der Waals surface area contributed by atoms with E-state index in [1.165, 1.54) is 36.8 Å². The van der Waals surface area contributed by atoms with Gasteiger partial charge in [-0.2, -0.15) is 0 Å². The zero-order valence-electron chi connectivity index (χ0n) is 16.5. The minimum atomic E-state index is -0.970. The lowest BCUT2D eigenvalue weighted by Gasteiger charge is -2.26. The largest absolute Gasteiger partial charge is 0.494 e. The van der Waals surface area contributed by atoms with Gasteiger partial charge in [0.2, 0.25) is 11.7 Å². The second-order valence-corrected chi connectivity index (χ2v) is 7.66. The van der Waals surface area contributed by atoms with E-state index in [1.54, 1.807) is 36.4 Å². The molecular formula is C21H23NO6S. The predicted molar refractivity (Wildman–Crippen MR) is 108 cm³/mol. The van der Waals surface area contributed by atoms with Gasteiger partial charge in [-0.25, -0.2) is 4.79 Å². The van der Waals surface area contributed by atoms with E-state index in [0.717, 1.165) is 0 Å². The number of Topliss-reactive ketones (excluding diaryl/α,β-unsaturated/α-hetero) is 1. The summed E-state index contributed by atoms with van der Waals surface area (Å²) >= 11 is 1.42. The molecule has 2 heterocycles. The van der Waals surface area contributed by atoms with Gasteiger partial charge in [0.1, 0.15) is 22.9 Å². The number of carbonyl (C=O) groups is 3. The Morgan fingerprint density at radius 2 is 1.97 bits per heavy atom. The molecule has 0 unspecified atom stereocenters. The smallest absolute Gasteiger partial charge is 0.330 e. The average Bonchev–Trinajstić information content (AvgIpc) is 3.37. The van der Waals surface area contributed by atoms with Crippen LogP contribution in [-0.2, 0) is 14.3 Å². The van der Waals surface area contributed by atoms with Crippen molar-refractivity contribution in [3.8, 4) is 5.75 Å². The van der Waals surface area contributed by atoms with E-state index in [1.807, 2.05) is 6.92 Å². The second kappa shape index (κ2) is 9.17. The molecule has 0 bridgehead atoms. The molecule has 0 spiro atoms. The fourth-order valence-corrected chi connectivity index (χ4v) is 4.56. The normalized spacial score (nSPS) is 19.6. The fourth-order valence-electron chi connectivity index (χ4n) is 3.15. The first-order valence-corrected chi connectivity index (χ1v) is 10.4. The van der Waals surface area contributed by atoms with Crippen LogP contribution in [0, 0.1) is 0 Å². The van der Waals surface area contributed by atoms with Crippen LogP contribution in [0.5, 0.6) is 5.75 Å². The lowest BCUT2D eigenvalue weighted by molar-refractivity contribution is -0.155. The van der Waals surface area contributed by atoms with Gasteiger partial charge < -0.3 is 18.8 Å². The quantitative estimate of drug-likeness (QED) is 0.504. The van der Waals surface area contributed by atoms with Crippen LogP contribution in [-0.4, -0.2) is 47.1 Å². The standard InChI is InChI=1S/C21H23NO6S/c1-4-26-16-9-7-15(8-10-16)19(24)13(2)28-21(25)17-12-29-20(22(17)14(3)23)18-6-5-11-27-18/h5-11,13,17,20H,4,12H2,1-3H3/t13-,17-,20-/m1/s1. The topological polar surface area (TPSA) is 86.1 Å². The maximum absolute atomic E-state index is 12.7. The zero-order chi connectivity index (χ0) is 21.0. The van der Waals surface area contributed by atoms with Crippen molar-refractivity contribution < 1.29 is 28.3 Å². The number of hydrogen-bond acceptors (Lipinski definition) is 7. The Morgan fingerprint density at radius 3 is 2.55 bits per heavy atom. The summed E-state index contributed by atoms with van der Waals surface area (Å²) in [4.78, 5) is 39.0. The van der Waals surface area contributed by atoms with Gasteiger partial charge in [0, 0.05) is 18.2 Å². The molecule has 0 radical (unpaired) electrons. The Kier molecular flexibility index (Phi) is 6.64. The van der Waals surface area contributed by atoms with Crippen molar-refractivity contribution in [2.24, 2.45) is 0 Å². The number of esters is 1. The van der Waals surface area contributed by atoms with Gasteiger partial charge in [0.15, 0.2) is 6.10 Å². The molecule has 1 aliphatic heterocycles. The monoisotopic (exact) mass is 417 g/mol. The van der Waals surface area contributed by atoms with E-state index in [-0.39, 0.29) is 11.7 Å². The number of carbonyl (C=O) groups excluding carboxylic acids is 3. The summed E-state index contributed by atoms with van der Waals surface area (Å²) in [5.74, 6) is 0.450. The van der Waals surface area contributed by atoms with E-state index >= 15 is 0 Å². The van der Waals surface area contributed by atoms with Crippen molar-refractivity contribution in [1.82, 2.24) is 4.90 Å². The molecule has 3 rings (SSSR count). The molecule has 29 heavy (non-hydrogen) atoms. The highest BCUT2D eigenvalue weighted by Crippen LogP contribution is 2.41. The van der Waals surface area contributed by atoms with E-state index in [0.29, 0.717) is 29.4 Å². The molecule has 7 nitrogen and oxygen atoms in total. The molecule has 3 atom stereocenters. The predicted octanol–water partition coefficient (Wildman–Crippen LogP) is 3.46. The van der Waals surface area contributed by atoms with Crippen molar-refractivity contribution in [3.05, 3.63) is 54.0 Å². The summed E-state index contributed by atoms with van der Waals surface area (Å²) in [7, 11) is 0. The van der Waals surface area contributed by atoms with Crippen molar-refractivity contribution in [2.75, 3.05) is 12.4 Å². The number of furan rings is 1. The van der Waals surface area contributed by atoms with Crippen molar-refractivity contribution >= 4 is 29.4 Å². The molecule has 2 aromatic rings. The summed E-state index contributed by atoms with van der Waals surface area (Å²) < 4.78 is 16.2. The van der Waals surface area contributed by atoms with Gasteiger partial charge in [-0.3, -0.25) is 9.59 Å². The Morgan fingerprint density at radius 1 is 1.24 bits per heavy atom. The Hall–Kier alpha value is -2.74. The molecule has 0 saturated carbocycles. The van der Waals surface area contributed by atoms with E-state index in [2.05, 4.69) is 0 Å². The number of nitrogens with zero attached hydrogens (tertiary/aromatic N) is 1. The summed E-state index contributed by atoms with van der Waals surface area (Å²) in [5.41, 5.74) is 0.423. The van der Waals surface area contributed by atoms with Gasteiger partial charge in [-0.1, -0.05) is 0 Å². The van der Waals surface area contributed by atoms with Crippen LogP contribution in [0.15, 0.2) is 47.1 Å². The molecule has 1 fully saturated rings. The van der Waals surface area contributed by atoms with Crippen LogP contribution in [0.3, 0.4) is 0 Å². The lowest BCUT2D eigenvalue weighted by Crippen LogP contribution is -2.44. The second-order valence-electron chi connectivity index (χ2n) is 6.54. The Balaban J connectivity index is 1.66. The lowest BCUT2D eigenvalue weighted by atomic mass is 10.1. The Bertz CT molecular complexity index is 864. The van der Waals surface area contributed by atoms with Crippen LogP contribution >= 0.6 is 11.8 Å². The third-order valence-corrected chi connectivity index (χ3v) is 5.82. The minimum absolute atomic E-state index is 0.260. The first kappa shape index (κ1) is 21.0. The molecule has 154 valence electrons. The summed E-state index contributed by atoms with van der Waals surface area (Å²) in [6, 6.07) is 9.39. The van der Waals surface area contributed by atoms with E-state index in [4.69, 9.17) is 13.9 Å². The third kappa shape index (κ3) is 4.64. The van der Waals surface area contributed by atoms with Crippen molar-refractivity contribution in [2.45, 2.75) is 38.3 Å². The number of rotatable bonds is 7. The van der Waals surface area contributed by atoms with Gasteiger partial charge >= 0.3 is 5.97 Å². The molecule has 8 heteroatoms. The number of hydrogen-bond donors (Lipinski definition) is 0. The van der Waals surface area contributed by atoms with Gasteiger partial charge in [-0.05, 0) is 50.2 Å². The molecule has 1 aromatic heterocycles. The molecule has 1 aromatic carbocycles. The SMILES string of the molecule is CCOc1ccc(C(=O)[C@@H](C)OC(=O)[C@H]2CS[C@H](c3ccco3)N2C(C)=O)cc1. The fraction of sp³-hybridized carbons (Fsp3) is 0.381. The average molecular weight is 417 g/mol. The highest BCUT2D eigenvalue weighted by Gasteiger charge is 2.43. The number of thioether (sulfide) groups is 1. The van der Waals surface area contributed by atoms with Crippen LogP contribution in [0.4, 0.5) is 0 Å². The summed E-state index contributed by atoms with van der Waals surface area (Å²) in [5, 5.41) is -0.392. The van der Waals surface area contributed by atoms with E-state index < -0.39 is 23.5 Å². The zero-order valence-corrected chi connectivity index (χ0v) is 17.3. The Labute approximate surface area is 173 Å². The van der Waals surface area contributed by atoms with Crippen LogP contribution < -0.4 is 4.74 Å². The number of amides is 1. The number of benzene rings is 1. The van der Waals surface area contributed by atoms with Crippen molar-refractivity contribution in [1.29, 1.82) is 0 Å². The van der Waals surface area contributed by atoms with Crippen molar-refractivity contribution in [3.63, 3.8) is 0 Å². The van der Waals surface area contributed by atoms with Crippen LogP contribution in [0.2, 0.25) is 0 Å². The van der Waals surface area contributed by atoms with Gasteiger partial charge in [-0.15, -0.1) is 11.8 Å². The maximum atomic E-state index is 12.7. The molecular weight excluding hydrogens is 394 g/mol. The third-order valence-electron chi connectivity index (χ3n) is 4.53. The molecule has 1 saturated heterocycles. The molecule has 0 aliphatic carbocycles. The summed E-state index contributed by atoms with van der Waals surface area (Å²) in [6.07, 6.45) is 0.555. The number of ether oxygens (including phenoxy) is 2. The first-order chi connectivity index (χ1) is 13.9. The molecule has 1 aliphatic rings. The van der Waals surface area contributed by atoms with Crippen LogP contribution in [0.1, 0.15) is 42.3 Å². The van der Waals surface area contributed by atoms with Gasteiger partial charge in [0.05, 0.1) is 12.9 Å². The van der Waals surface area contributed by atoms with E-state index in [9.17, 15) is 14.4 Å². The maximum Gasteiger partial charge on any atom is 0.330 e. The van der Waals surface area contributed by atoms with Gasteiger partial charge in [0.25, 0.3) is 0 Å². The highest BCUT2D eigenvalue weighted by atomic mass is 32.2.